The molecule has 2 heterocycles. The first kappa shape index (κ1) is 28.8. The molecule has 0 aliphatic carbocycles. The monoisotopic (exact) mass is 541 g/mol. The summed E-state index contributed by atoms with van der Waals surface area (Å²) in [5, 5.41) is 23.1. The van der Waals surface area contributed by atoms with Gasteiger partial charge in [0, 0.05) is 18.2 Å². The summed E-state index contributed by atoms with van der Waals surface area (Å²) in [7, 11) is -4.22. The van der Waals surface area contributed by atoms with E-state index in [1.165, 1.54) is 6.92 Å². The predicted octanol–water partition coefficient (Wildman–Crippen LogP) is 0.929. The van der Waals surface area contributed by atoms with E-state index in [1.807, 2.05) is 6.92 Å². The normalized spacial score (nSPS) is 23.8. The lowest BCUT2D eigenvalue weighted by Crippen LogP contribution is -2.37. The molecule has 4 N–H and O–H groups in total. The van der Waals surface area contributed by atoms with Crippen molar-refractivity contribution in [3.8, 4) is 5.75 Å². The maximum atomic E-state index is 13.7. The van der Waals surface area contributed by atoms with E-state index in [-0.39, 0.29) is 12.4 Å². The fourth-order valence-electron chi connectivity index (χ4n) is 3.65. The smallest absolute Gasteiger partial charge is 0.459 e. The van der Waals surface area contributed by atoms with E-state index in [1.54, 1.807) is 30.3 Å². The van der Waals surface area contributed by atoms with Crippen molar-refractivity contribution in [3.05, 3.63) is 63.4 Å². The number of H-pyrrole nitrogens is 1. The van der Waals surface area contributed by atoms with Crippen molar-refractivity contribution in [3.63, 3.8) is 0 Å². The van der Waals surface area contributed by atoms with Gasteiger partial charge in [-0.05, 0) is 25.5 Å². The van der Waals surface area contributed by atoms with E-state index < -0.39 is 68.6 Å². The lowest BCUT2D eigenvalue weighted by molar-refractivity contribution is -0.145. The molecule has 0 bridgehead atoms. The molecule has 1 saturated heterocycles. The maximum Gasteiger partial charge on any atom is 0.459 e. The van der Waals surface area contributed by atoms with Gasteiger partial charge in [0.2, 0.25) is 0 Å². The fourth-order valence-corrected chi connectivity index (χ4v) is 5.15. The minimum Gasteiger partial charge on any atom is -0.465 e. The van der Waals surface area contributed by atoms with Crippen LogP contribution in [0.15, 0.2) is 52.2 Å². The van der Waals surface area contributed by atoms with Gasteiger partial charge < -0.3 is 24.2 Å². The van der Waals surface area contributed by atoms with E-state index in [0.717, 1.165) is 23.3 Å². The Morgan fingerprint density at radius 1 is 1.27 bits per heavy atom. The summed E-state index contributed by atoms with van der Waals surface area (Å²) in [4.78, 5) is 38.0. The number of carbonyl (C=O) groups is 1. The SMILES string of the molecule is CCCCOC(=O)[C@H](C)NP(=O)(OC[C@H]1O[C@@H](n2ccc(=O)[nH]c2=O)[C@H](O)[C@@H]1CO)Oc1ccccc1. The highest BCUT2D eigenvalue weighted by Gasteiger charge is 2.46. The van der Waals surface area contributed by atoms with Gasteiger partial charge in [0.25, 0.3) is 5.56 Å². The number of unbranched alkanes of at least 4 members (excludes halogenated alkanes) is 1. The second-order valence-electron chi connectivity index (χ2n) is 8.49. The zero-order chi connectivity index (χ0) is 27.0. The molecule has 0 amide bonds. The summed E-state index contributed by atoms with van der Waals surface area (Å²) in [5.74, 6) is -1.37. The minimum absolute atomic E-state index is 0.202. The molecule has 0 saturated carbocycles. The Hall–Kier alpha value is -2.80. The molecular weight excluding hydrogens is 509 g/mol. The molecule has 13 nitrogen and oxygen atoms in total. The van der Waals surface area contributed by atoms with Gasteiger partial charge in [-0.3, -0.25) is 23.7 Å². The molecule has 1 unspecified atom stereocenters. The standard InChI is InChI=1S/C23H32N3O10P/c1-3-4-12-33-22(30)15(2)25-37(32,36-16-8-6-5-7-9-16)34-14-18-17(13-27)20(29)21(35-18)26-11-10-19(28)24-23(26)31/h5-11,15,17-18,20-21,27,29H,3-4,12-14H2,1-2H3,(H,25,32)(H,24,28,31)/t15-,17+,18+,20+,21+,37?/m0/s1. The van der Waals surface area contributed by atoms with Crippen LogP contribution in [0.25, 0.3) is 0 Å². The summed E-state index contributed by atoms with van der Waals surface area (Å²) in [6.45, 7) is 2.63. The number of para-hydroxylation sites is 1. The number of aliphatic hydroxyl groups is 2. The van der Waals surface area contributed by atoms with Gasteiger partial charge in [-0.2, -0.15) is 5.09 Å². The third kappa shape index (κ3) is 7.60. The summed E-state index contributed by atoms with van der Waals surface area (Å²) in [6.07, 6.45) is -0.952. The zero-order valence-corrected chi connectivity index (χ0v) is 21.4. The highest BCUT2D eigenvalue weighted by Crippen LogP contribution is 2.46. The quantitative estimate of drug-likeness (QED) is 0.161. The van der Waals surface area contributed by atoms with Crippen LogP contribution in [-0.2, 0) is 23.4 Å². The number of aliphatic hydroxyl groups excluding tert-OH is 2. The number of esters is 1. The second-order valence-corrected chi connectivity index (χ2v) is 10.2. The van der Waals surface area contributed by atoms with E-state index in [0.29, 0.717) is 6.42 Å². The number of hydrogen-bond acceptors (Lipinski definition) is 10. The van der Waals surface area contributed by atoms with Crippen LogP contribution in [0.4, 0.5) is 0 Å². The van der Waals surface area contributed by atoms with Crippen LogP contribution in [0.2, 0.25) is 0 Å². The Kier molecular flexibility index (Phi) is 10.2. The number of aromatic nitrogens is 2. The van der Waals surface area contributed by atoms with E-state index >= 15 is 0 Å². The topological polar surface area (TPSA) is 178 Å². The number of hydrogen-bond donors (Lipinski definition) is 4. The van der Waals surface area contributed by atoms with Crippen LogP contribution in [-0.4, -0.2) is 63.8 Å². The molecule has 1 fully saturated rings. The Morgan fingerprint density at radius 2 is 2.00 bits per heavy atom. The van der Waals surface area contributed by atoms with Gasteiger partial charge in [0.15, 0.2) is 6.23 Å². The molecule has 14 heteroatoms. The molecule has 1 aliphatic heterocycles. The van der Waals surface area contributed by atoms with Gasteiger partial charge in [-0.1, -0.05) is 31.5 Å². The highest BCUT2D eigenvalue weighted by molar-refractivity contribution is 7.52. The highest BCUT2D eigenvalue weighted by atomic mass is 31.2. The first-order valence-corrected chi connectivity index (χ1v) is 13.4. The third-order valence-electron chi connectivity index (χ3n) is 5.68. The van der Waals surface area contributed by atoms with Crippen LogP contribution in [0.5, 0.6) is 5.75 Å². The summed E-state index contributed by atoms with van der Waals surface area (Å²) >= 11 is 0. The van der Waals surface area contributed by atoms with Crippen molar-refractivity contribution < 1.29 is 38.1 Å². The van der Waals surface area contributed by atoms with Gasteiger partial charge in [0.1, 0.15) is 17.9 Å². The number of nitrogens with one attached hydrogen (secondary N) is 2. The molecule has 3 rings (SSSR count). The summed E-state index contributed by atoms with van der Waals surface area (Å²) in [6, 6.07) is 8.18. The van der Waals surface area contributed by atoms with Gasteiger partial charge in [-0.25, -0.2) is 9.36 Å². The molecule has 37 heavy (non-hydrogen) atoms. The molecule has 2 aromatic rings. The largest absolute Gasteiger partial charge is 0.465 e. The van der Waals surface area contributed by atoms with Crippen LogP contribution >= 0.6 is 7.75 Å². The average molecular weight is 541 g/mol. The lowest BCUT2D eigenvalue weighted by Gasteiger charge is -2.25. The molecule has 1 aromatic carbocycles. The second kappa shape index (κ2) is 13.1. The predicted molar refractivity (Wildman–Crippen MR) is 131 cm³/mol. The number of carbonyl (C=O) groups excluding carboxylic acids is 1. The zero-order valence-electron chi connectivity index (χ0n) is 20.5. The molecule has 1 aliphatic rings. The molecule has 204 valence electrons. The van der Waals surface area contributed by atoms with E-state index in [4.69, 9.17) is 18.5 Å². The number of benzene rings is 1. The Morgan fingerprint density at radius 3 is 2.65 bits per heavy atom. The van der Waals surface area contributed by atoms with Crippen molar-refractivity contribution in [1.29, 1.82) is 0 Å². The Labute approximate surface area is 212 Å². The molecule has 6 atom stereocenters. The van der Waals surface area contributed by atoms with Gasteiger partial charge >= 0.3 is 19.4 Å². The number of nitrogens with zero attached hydrogens (tertiary/aromatic N) is 1. The first-order chi connectivity index (χ1) is 17.7. The Balaban J connectivity index is 1.76. The molecule has 0 radical (unpaired) electrons. The van der Waals surface area contributed by atoms with Crippen molar-refractivity contribution in [2.24, 2.45) is 5.92 Å². The fraction of sp³-hybridized carbons (Fsp3) is 0.522. The van der Waals surface area contributed by atoms with Crippen LogP contribution in [0.1, 0.15) is 32.9 Å². The third-order valence-corrected chi connectivity index (χ3v) is 7.33. The number of aromatic amines is 1. The number of ether oxygens (including phenoxy) is 2. The summed E-state index contributed by atoms with van der Waals surface area (Å²) < 4.78 is 36.7. The minimum atomic E-state index is -4.22. The van der Waals surface area contributed by atoms with Gasteiger partial charge in [0.05, 0.1) is 25.9 Å². The summed E-state index contributed by atoms with van der Waals surface area (Å²) in [5.41, 5.74) is -1.44. The van der Waals surface area contributed by atoms with Crippen LogP contribution < -0.4 is 20.9 Å². The van der Waals surface area contributed by atoms with Crippen LogP contribution in [0, 0.1) is 5.92 Å². The number of rotatable bonds is 13. The van der Waals surface area contributed by atoms with Gasteiger partial charge in [-0.15, -0.1) is 0 Å². The molecular formula is C23H32N3O10P. The van der Waals surface area contributed by atoms with Crippen molar-refractivity contribution in [2.45, 2.75) is 51.2 Å². The maximum absolute atomic E-state index is 13.7. The van der Waals surface area contributed by atoms with Crippen molar-refractivity contribution in [1.82, 2.24) is 14.6 Å². The van der Waals surface area contributed by atoms with E-state index in [2.05, 4.69) is 10.1 Å². The lowest BCUT2D eigenvalue weighted by atomic mass is 9.99. The van der Waals surface area contributed by atoms with Crippen molar-refractivity contribution in [2.75, 3.05) is 19.8 Å². The molecule has 0 spiro atoms. The molecule has 1 aromatic heterocycles. The van der Waals surface area contributed by atoms with E-state index in [9.17, 15) is 29.2 Å². The van der Waals surface area contributed by atoms with Crippen LogP contribution in [0.3, 0.4) is 0 Å². The first-order valence-electron chi connectivity index (χ1n) is 11.9. The average Bonchev–Trinajstić information content (AvgIpc) is 3.18. The Bertz CT molecular complexity index is 1190. The van der Waals surface area contributed by atoms with Crippen molar-refractivity contribution >= 4 is 13.7 Å².